The zero-order chi connectivity index (χ0) is 28.4. The van der Waals surface area contributed by atoms with E-state index >= 15 is 4.39 Å². The Hall–Kier alpha value is -2.39. The number of unbranched alkanes of at least 4 members (excludes halogenated alkanes) is 1. The van der Waals surface area contributed by atoms with Crippen molar-refractivity contribution in [3.8, 4) is 11.1 Å². The number of hydrogen-bond donors (Lipinski definition) is 2. The van der Waals surface area contributed by atoms with Gasteiger partial charge in [-0.15, -0.1) is 0 Å². The maximum atomic E-state index is 15.7. The van der Waals surface area contributed by atoms with E-state index in [1.54, 1.807) is 31.1 Å². The number of aliphatic hydroxyl groups is 1. The number of carbonyl (C=O) groups excluding carboxylic acids is 1. The average molecular weight is 545 g/mol. The van der Waals surface area contributed by atoms with Gasteiger partial charge in [0.2, 0.25) is 5.91 Å². The molecule has 1 heterocycles. The van der Waals surface area contributed by atoms with Crippen LogP contribution in [0.2, 0.25) is 0 Å². The second-order valence-corrected chi connectivity index (χ2v) is 11.5. The van der Waals surface area contributed by atoms with E-state index in [4.69, 9.17) is 15.2 Å². The van der Waals surface area contributed by atoms with Crippen LogP contribution in [0.25, 0.3) is 11.1 Å². The zero-order valence-electron chi connectivity index (χ0n) is 23.6. The molecule has 0 aromatic heterocycles. The number of morpholine rings is 1. The lowest BCUT2D eigenvalue weighted by Gasteiger charge is -2.51. The Kier molecular flexibility index (Phi) is 9.11. The quantitative estimate of drug-likeness (QED) is 0.434. The minimum atomic E-state index is -1.66. The number of ether oxygens (including phenoxy) is 2. The van der Waals surface area contributed by atoms with Gasteiger partial charge in [0.15, 0.2) is 0 Å². The third kappa shape index (κ3) is 5.89. The van der Waals surface area contributed by atoms with Crippen LogP contribution in [0.4, 0.5) is 8.78 Å². The van der Waals surface area contributed by atoms with Gasteiger partial charge in [-0.25, -0.2) is 8.78 Å². The monoisotopic (exact) mass is 544 g/mol. The summed E-state index contributed by atoms with van der Waals surface area (Å²) in [6.07, 6.45) is 3.78. The van der Waals surface area contributed by atoms with Crippen molar-refractivity contribution in [1.82, 2.24) is 4.90 Å². The van der Waals surface area contributed by atoms with E-state index in [0.29, 0.717) is 54.7 Å². The molecule has 214 valence electrons. The number of carbonyl (C=O) groups is 1. The van der Waals surface area contributed by atoms with E-state index in [1.807, 2.05) is 13.8 Å². The summed E-state index contributed by atoms with van der Waals surface area (Å²) >= 11 is 0. The number of benzene rings is 2. The fourth-order valence-corrected chi connectivity index (χ4v) is 6.39. The van der Waals surface area contributed by atoms with Crippen molar-refractivity contribution in [3.05, 3.63) is 58.7 Å². The fraction of sp³-hybridized carbons (Fsp3) is 0.581. The van der Waals surface area contributed by atoms with Crippen molar-refractivity contribution in [2.24, 2.45) is 11.7 Å². The molecule has 3 N–H and O–H groups in total. The Morgan fingerprint density at radius 3 is 2.59 bits per heavy atom. The summed E-state index contributed by atoms with van der Waals surface area (Å²) in [6.45, 7) is 6.64. The van der Waals surface area contributed by atoms with Crippen LogP contribution in [0.3, 0.4) is 0 Å². The van der Waals surface area contributed by atoms with Crippen LogP contribution < -0.4 is 5.73 Å². The number of methoxy groups -OCH3 is 1. The van der Waals surface area contributed by atoms with Crippen molar-refractivity contribution < 1.29 is 28.2 Å². The van der Waals surface area contributed by atoms with Crippen molar-refractivity contribution in [2.75, 3.05) is 33.4 Å². The van der Waals surface area contributed by atoms with Gasteiger partial charge >= 0.3 is 0 Å². The highest BCUT2D eigenvalue weighted by Gasteiger charge is 2.54. The molecule has 2 aromatic carbocycles. The summed E-state index contributed by atoms with van der Waals surface area (Å²) in [4.78, 5) is 15.3. The number of amides is 1. The number of hydrogen-bond acceptors (Lipinski definition) is 5. The van der Waals surface area contributed by atoms with Crippen molar-refractivity contribution in [2.45, 2.75) is 76.5 Å². The number of rotatable bonds is 9. The highest BCUT2D eigenvalue weighted by Crippen LogP contribution is 2.48. The standard InChI is InChI=1S/C31H42F2N2O4/c1-20-7-11-26(33)27(22-9-12-25(32)21(2)17-22)28(20)31(37,13-5-6-15-38-4)30(3)19-35(14-16-39-30)29(36)23-8-10-24(34)18-23/h7,9,11-12,17,23-24,37H,5-6,8,10,13-16,18-19,34H2,1-4H3/t23-,24+,30-,31+/m1/s1. The zero-order valence-corrected chi connectivity index (χ0v) is 23.6. The number of aryl methyl sites for hydroxylation is 2. The number of nitrogens with two attached hydrogens (primary N) is 1. The largest absolute Gasteiger partial charge is 0.385 e. The molecular formula is C31H42F2N2O4. The summed E-state index contributed by atoms with van der Waals surface area (Å²) < 4.78 is 41.5. The van der Waals surface area contributed by atoms with Gasteiger partial charge < -0.3 is 25.2 Å². The van der Waals surface area contributed by atoms with Crippen molar-refractivity contribution >= 4 is 5.91 Å². The smallest absolute Gasteiger partial charge is 0.225 e. The summed E-state index contributed by atoms with van der Waals surface area (Å²) in [6, 6.07) is 7.52. The Morgan fingerprint density at radius 1 is 1.18 bits per heavy atom. The van der Waals surface area contributed by atoms with E-state index in [2.05, 4.69) is 0 Å². The molecule has 39 heavy (non-hydrogen) atoms. The predicted molar refractivity (Wildman–Crippen MR) is 147 cm³/mol. The minimum absolute atomic E-state index is 0.0285. The fourth-order valence-electron chi connectivity index (χ4n) is 6.39. The summed E-state index contributed by atoms with van der Waals surface area (Å²) in [5.41, 5.74) is 5.39. The molecule has 8 heteroatoms. The summed E-state index contributed by atoms with van der Waals surface area (Å²) in [5.74, 6) is -0.994. The molecule has 1 aliphatic heterocycles. The lowest BCUT2D eigenvalue weighted by Crippen LogP contribution is -2.63. The van der Waals surface area contributed by atoms with Crippen LogP contribution in [0, 0.1) is 31.4 Å². The van der Waals surface area contributed by atoms with E-state index in [0.717, 1.165) is 12.8 Å². The first-order valence-electron chi connectivity index (χ1n) is 14.0. The Balaban J connectivity index is 1.81. The second kappa shape index (κ2) is 12.0. The first-order valence-corrected chi connectivity index (χ1v) is 14.0. The van der Waals surface area contributed by atoms with Gasteiger partial charge in [-0.05, 0) is 94.2 Å². The SMILES string of the molecule is COCCCC[C@](O)(c1c(C)ccc(F)c1-c1ccc(F)c(C)c1)[C@@]1(C)CN(C(=O)[C@@H]2CC[C@H](N)C2)CCO1. The molecule has 1 saturated heterocycles. The van der Waals surface area contributed by atoms with E-state index in [1.165, 1.54) is 18.2 Å². The van der Waals surface area contributed by atoms with Gasteiger partial charge in [0.1, 0.15) is 22.8 Å². The molecule has 1 saturated carbocycles. The van der Waals surface area contributed by atoms with Gasteiger partial charge in [0.05, 0.1) is 13.2 Å². The summed E-state index contributed by atoms with van der Waals surface area (Å²) in [7, 11) is 1.63. The molecule has 1 amide bonds. The number of nitrogens with zero attached hydrogens (tertiary/aromatic N) is 1. The molecule has 0 radical (unpaired) electrons. The van der Waals surface area contributed by atoms with Gasteiger partial charge in [0.25, 0.3) is 0 Å². The number of halogens is 2. The predicted octanol–water partition coefficient (Wildman–Crippen LogP) is 5.00. The van der Waals surface area contributed by atoms with Crippen LogP contribution >= 0.6 is 0 Å². The van der Waals surface area contributed by atoms with Gasteiger partial charge in [-0.3, -0.25) is 4.79 Å². The molecule has 4 rings (SSSR count). The Bertz CT molecular complexity index is 1190. The summed E-state index contributed by atoms with van der Waals surface area (Å²) in [5, 5.41) is 12.8. The Labute approximate surface area is 230 Å². The maximum absolute atomic E-state index is 15.7. The normalized spacial score (nSPS) is 25.1. The lowest BCUT2D eigenvalue weighted by molar-refractivity contribution is -0.217. The van der Waals surface area contributed by atoms with Crippen molar-refractivity contribution in [3.63, 3.8) is 0 Å². The van der Waals surface area contributed by atoms with Crippen LogP contribution in [0.1, 0.15) is 62.1 Å². The van der Waals surface area contributed by atoms with E-state index in [9.17, 15) is 14.3 Å². The van der Waals surface area contributed by atoms with Crippen molar-refractivity contribution in [1.29, 1.82) is 0 Å². The molecule has 0 unspecified atom stereocenters. The molecule has 0 spiro atoms. The van der Waals surface area contributed by atoms with Gasteiger partial charge in [0, 0.05) is 43.3 Å². The third-order valence-electron chi connectivity index (χ3n) is 8.64. The molecule has 6 nitrogen and oxygen atoms in total. The van der Waals surface area contributed by atoms with Crippen LogP contribution in [0.15, 0.2) is 30.3 Å². The first kappa shape index (κ1) is 29.6. The van der Waals surface area contributed by atoms with Crippen LogP contribution in [-0.4, -0.2) is 61.0 Å². The average Bonchev–Trinajstić information content (AvgIpc) is 3.35. The minimum Gasteiger partial charge on any atom is -0.385 e. The molecule has 1 aliphatic carbocycles. The van der Waals surface area contributed by atoms with Gasteiger partial charge in [-0.2, -0.15) is 0 Å². The molecule has 4 atom stereocenters. The van der Waals surface area contributed by atoms with E-state index < -0.39 is 17.0 Å². The molecule has 2 fully saturated rings. The first-order chi connectivity index (χ1) is 18.5. The highest BCUT2D eigenvalue weighted by atomic mass is 19.1. The topological polar surface area (TPSA) is 85.0 Å². The van der Waals surface area contributed by atoms with Crippen LogP contribution in [-0.2, 0) is 19.9 Å². The van der Waals surface area contributed by atoms with Gasteiger partial charge in [-0.1, -0.05) is 12.1 Å². The van der Waals surface area contributed by atoms with Crippen LogP contribution in [0.5, 0.6) is 0 Å². The second-order valence-electron chi connectivity index (χ2n) is 11.5. The van der Waals surface area contributed by atoms with E-state index in [-0.39, 0.29) is 48.8 Å². The third-order valence-corrected chi connectivity index (χ3v) is 8.64. The highest BCUT2D eigenvalue weighted by molar-refractivity contribution is 5.79. The molecule has 0 bridgehead atoms. The Morgan fingerprint density at radius 2 is 1.92 bits per heavy atom. The molecular weight excluding hydrogens is 502 g/mol. The maximum Gasteiger partial charge on any atom is 0.225 e. The molecule has 2 aliphatic rings. The molecule has 2 aromatic rings. The lowest BCUT2D eigenvalue weighted by atomic mass is 9.70.